The number of nitrogens with one attached hydrogen (secondary N) is 1. The Kier molecular flexibility index (Phi) is 7.84. The van der Waals surface area contributed by atoms with Crippen molar-refractivity contribution in [3.05, 3.63) is 93.2 Å². The van der Waals surface area contributed by atoms with Crippen LogP contribution in [-0.2, 0) is 20.5 Å². The molecule has 206 valence electrons. The zero-order valence-electron chi connectivity index (χ0n) is 20.9. The van der Waals surface area contributed by atoms with E-state index in [2.05, 4.69) is 10.3 Å². The summed E-state index contributed by atoms with van der Waals surface area (Å²) in [4.78, 5) is 38.3. The summed E-state index contributed by atoms with van der Waals surface area (Å²) in [5.41, 5.74) is -0.576. The summed E-state index contributed by atoms with van der Waals surface area (Å²) in [6.45, 7) is 3.23. The van der Waals surface area contributed by atoms with E-state index in [-0.39, 0.29) is 35.6 Å². The molecule has 13 heteroatoms. The first-order valence-corrected chi connectivity index (χ1v) is 11.7. The number of cyclic esters (lactones) is 1. The Morgan fingerprint density at radius 2 is 1.77 bits per heavy atom. The molecule has 40 heavy (non-hydrogen) atoms. The molecule has 0 spiro atoms. The van der Waals surface area contributed by atoms with Gasteiger partial charge in [0, 0.05) is 24.2 Å². The molecule has 1 amide bonds. The van der Waals surface area contributed by atoms with E-state index in [1.807, 2.05) is 0 Å². The molecule has 0 saturated carbocycles. The van der Waals surface area contributed by atoms with Crippen molar-refractivity contribution in [2.24, 2.45) is 4.99 Å². The van der Waals surface area contributed by atoms with Gasteiger partial charge in [0.2, 0.25) is 17.6 Å². The second kappa shape index (κ2) is 11.3. The zero-order valence-corrected chi connectivity index (χ0v) is 20.9. The van der Waals surface area contributed by atoms with Gasteiger partial charge in [-0.1, -0.05) is 6.07 Å². The summed E-state index contributed by atoms with van der Waals surface area (Å²) >= 11 is 0. The molecular weight excluding hydrogens is 535 g/mol. The van der Waals surface area contributed by atoms with Crippen molar-refractivity contribution in [2.45, 2.75) is 20.0 Å². The molecule has 0 radical (unpaired) electrons. The van der Waals surface area contributed by atoms with Crippen LogP contribution in [0, 0.1) is 10.1 Å². The molecule has 0 aliphatic carbocycles. The number of esters is 1. The van der Waals surface area contributed by atoms with E-state index in [4.69, 9.17) is 14.2 Å². The van der Waals surface area contributed by atoms with E-state index in [0.29, 0.717) is 28.9 Å². The van der Waals surface area contributed by atoms with Crippen LogP contribution in [0.5, 0.6) is 17.2 Å². The Morgan fingerprint density at radius 3 is 2.40 bits per heavy atom. The highest BCUT2D eigenvalue weighted by Crippen LogP contribution is 2.40. The molecule has 0 aromatic heterocycles. The minimum atomic E-state index is -4.77. The van der Waals surface area contributed by atoms with Gasteiger partial charge in [-0.3, -0.25) is 14.9 Å². The van der Waals surface area contributed by atoms with Crippen LogP contribution in [-0.4, -0.2) is 29.3 Å². The first-order chi connectivity index (χ1) is 18.9. The third-order valence-corrected chi connectivity index (χ3v) is 5.35. The molecule has 0 bridgehead atoms. The molecule has 3 aromatic carbocycles. The normalized spacial score (nSPS) is 14.0. The van der Waals surface area contributed by atoms with Gasteiger partial charge in [0.05, 0.1) is 17.1 Å². The number of hydrogen-bond donors (Lipinski definition) is 1. The molecule has 1 heterocycles. The third kappa shape index (κ3) is 6.43. The Bertz CT molecular complexity index is 1550. The standard InChI is InChI=1S/C27H20F3N3O7/c1-3-38-24-13-16(4-10-23(24)39-22-11-7-18(27(28,29)30)14-21(22)33(36)37)12-20-26(35)40-25(32-20)17-5-8-19(9-6-17)31-15(2)34/h4-14H,3H2,1-2H3,(H,31,34)/b20-12-. The van der Waals surface area contributed by atoms with E-state index >= 15 is 0 Å². The predicted molar refractivity (Wildman–Crippen MR) is 137 cm³/mol. The third-order valence-electron chi connectivity index (χ3n) is 5.35. The first kappa shape index (κ1) is 27.8. The van der Waals surface area contributed by atoms with Crippen LogP contribution in [0.3, 0.4) is 0 Å². The lowest BCUT2D eigenvalue weighted by Gasteiger charge is -2.13. The lowest BCUT2D eigenvalue weighted by Crippen LogP contribution is -2.07. The van der Waals surface area contributed by atoms with E-state index < -0.39 is 34.1 Å². The van der Waals surface area contributed by atoms with Crippen molar-refractivity contribution in [3.8, 4) is 17.2 Å². The lowest BCUT2D eigenvalue weighted by molar-refractivity contribution is -0.385. The number of nitro groups is 1. The average Bonchev–Trinajstić information content (AvgIpc) is 3.25. The van der Waals surface area contributed by atoms with Crippen LogP contribution in [0.15, 0.2) is 71.4 Å². The zero-order chi connectivity index (χ0) is 29.0. The SMILES string of the molecule is CCOc1cc(/C=C2\N=C(c3ccc(NC(C)=O)cc3)OC2=O)ccc1Oc1ccc(C(F)(F)F)cc1[N+](=O)[O-]. The molecule has 0 atom stereocenters. The fraction of sp³-hybridized carbons (Fsp3) is 0.148. The maximum Gasteiger partial charge on any atom is 0.416 e. The summed E-state index contributed by atoms with van der Waals surface area (Å²) in [6.07, 6.45) is -3.34. The van der Waals surface area contributed by atoms with Gasteiger partial charge in [0.1, 0.15) is 0 Å². The lowest BCUT2D eigenvalue weighted by atomic mass is 10.1. The van der Waals surface area contributed by atoms with Crippen molar-refractivity contribution in [2.75, 3.05) is 11.9 Å². The number of alkyl halides is 3. The van der Waals surface area contributed by atoms with Crippen molar-refractivity contribution in [1.82, 2.24) is 0 Å². The Labute approximate surface area is 224 Å². The van der Waals surface area contributed by atoms with Gasteiger partial charge in [-0.15, -0.1) is 0 Å². The summed E-state index contributed by atoms with van der Waals surface area (Å²) in [7, 11) is 0. The van der Waals surface area contributed by atoms with Gasteiger partial charge in [0.25, 0.3) is 0 Å². The predicted octanol–water partition coefficient (Wildman–Crippen LogP) is 6.11. The average molecular weight is 555 g/mol. The maximum atomic E-state index is 13.0. The molecule has 0 saturated heterocycles. The van der Waals surface area contributed by atoms with Gasteiger partial charge in [-0.05, 0) is 67.1 Å². The van der Waals surface area contributed by atoms with Gasteiger partial charge in [-0.2, -0.15) is 13.2 Å². The molecule has 10 nitrogen and oxygen atoms in total. The Hall–Kier alpha value is -5.20. The second-order valence-corrected chi connectivity index (χ2v) is 8.27. The molecule has 4 rings (SSSR count). The topological polar surface area (TPSA) is 129 Å². The summed E-state index contributed by atoms with van der Waals surface area (Å²) in [5, 5.41) is 14.0. The van der Waals surface area contributed by atoms with Gasteiger partial charge in [-0.25, -0.2) is 9.79 Å². The van der Waals surface area contributed by atoms with Crippen molar-refractivity contribution in [3.63, 3.8) is 0 Å². The van der Waals surface area contributed by atoms with Gasteiger partial charge < -0.3 is 19.5 Å². The molecule has 0 fully saturated rings. The minimum Gasteiger partial charge on any atom is -0.490 e. The van der Waals surface area contributed by atoms with Gasteiger partial charge in [0.15, 0.2) is 17.2 Å². The molecule has 1 aliphatic rings. The fourth-order valence-corrected chi connectivity index (χ4v) is 3.60. The largest absolute Gasteiger partial charge is 0.490 e. The number of benzene rings is 3. The van der Waals surface area contributed by atoms with Crippen molar-refractivity contribution >= 4 is 35.2 Å². The number of ether oxygens (including phenoxy) is 3. The highest BCUT2D eigenvalue weighted by atomic mass is 19.4. The number of hydrogen-bond acceptors (Lipinski definition) is 8. The van der Waals surface area contributed by atoms with Crippen LogP contribution >= 0.6 is 0 Å². The number of carbonyl (C=O) groups is 2. The fourth-order valence-electron chi connectivity index (χ4n) is 3.60. The Morgan fingerprint density at radius 1 is 1.07 bits per heavy atom. The number of aliphatic imine (C=N–C) groups is 1. The van der Waals surface area contributed by atoms with Crippen LogP contribution in [0.2, 0.25) is 0 Å². The quantitative estimate of drug-likeness (QED) is 0.154. The highest BCUT2D eigenvalue weighted by molar-refractivity contribution is 6.13. The van der Waals surface area contributed by atoms with E-state index in [1.54, 1.807) is 31.2 Å². The molecule has 3 aromatic rings. The number of carbonyl (C=O) groups excluding carboxylic acids is 2. The molecule has 1 N–H and O–H groups in total. The van der Waals surface area contributed by atoms with Gasteiger partial charge >= 0.3 is 17.8 Å². The van der Waals surface area contributed by atoms with E-state index in [0.717, 1.165) is 6.07 Å². The monoisotopic (exact) mass is 555 g/mol. The summed E-state index contributed by atoms with van der Waals surface area (Å²) in [5.74, 6) is -1.17. The van der Waals surface area contributed by atoms with E-state index in [9.17, 15) is 32.9 Å². The first-order valence-electron chi connectivity index (χ1n) is 11.7. The Balaban J connectivity index is 1.61. The number of amides is 1. The van der Waals surface area contributed by atoms with E-state index in [1.165, 1.54) is 31.2 Å². The highest BCUT2D eigenvalue weighted by Gasteiger charge is 2.33. The maximum absolute atomic E-state index is 13.0. The van der Waals surface area contributed by atoms with Crippen molar-refractivity contribution < 1.29 is 41.9 Å². The molecular formula is C27H20F3N3O7. The van der Waals surface area contributed by atoms with Crippen LogP contribution in [0.25, 0.3) is 6.08 Å². The summed E-state index contributed by atoms with van der Waals surface area (Å²) in [6, 6.07) is 12.8. The van der Waals surface area contributed by atoms with Crippen LogP contribution in [0.4, 0.5) is 24.5 Å². The summed E-state index contributed by atoms with van der Waals surface area (Å²) < 4.78 is 55.5. The number of anilines is 1. The second-order valence-electron chi connectivity index (χ2n) is 8.27. The minimum absolute atomic E-state index is 0.00399. The number of rotatable bonds is 8. The number of halogens is 3. The number of nitrogens with zero attached hydrogens (tertiary/aromatic N) is 2. The number of nitro benzene ring substituents is 1. The van der Waals surface area contributed by atoms with Crippen LogP contribution in [0.1, 0.15) is 30.5 Å². The van der Waals surface area contributed by atoms with Crippen molar-refractivity contribution in [1.29, 1.82) is 0 Å². The molecule has 1 aliphatic heterocycles. The smallest absolute Gasteiger partial charge is 0.416 e. The molecule has 0 unspecified atom stereocenters. The van der Waals surface area contributed by atoms with Crippen LogP contribution < -0.4 is 14.8 Å².